The van der Waals surface area contributed by atoms with Crippen LogP contribution in [0.2, 0.25) is 0 Å². The first-order valence-corrected chi connectivity index (χ1v) is 10.9. The maximum Gasteiger partial charge on any atom is 0.155 e. The van der Waals surface area contributed by atoms with Gasteiger partial charge in [-0.2, -0.15) is 18.6 Å². The number of fused-ring (bicyclic) bond motifs is 3. The SMILES string of the molecule is CC(=O)/C=C(/C)O.[CH2-]c1ccccc1-c1cc2c(c[n+]1[CH2-])nc1cc(CC(C)C)sn12.[Ir]. The van der Waals surface area contributed by atoms with Gasteiger partial charge >= 0.3 is 0 Å². The summed E-state index contributed by atoms with van der Waals surface area (Å²) >= 11 is 1.78. The van der Waals surface area contributed by atoms with Crippen LogP contribution < -0.4 is 4.57 Å². The molecule has 0 saturated carbocycles. The summed E-state index contributed by atoms with van der Waals surface area (Å²) in [5.74, 6) is 0.586. The first-order valence-electron chi connectivity index (χ1n) is 10.1. The number of carbonyl (C=O) groups is 1. The molecule has 1 N–H and O–H groups in total. The van der Waals surface area contributed by atoms with Crippen LogP contribution in [0.5, 0.6) is 0 Å². The molecule has 0 fully saturated rings. The summed E-state index contributed by atoms with van der Waals surface area (Å²) in [4.78, 5) is 16.2. The van der Waals surface area contributed by atoms with Gasteiger partial charge in [0, 0.05) is 38.1 Å². The Hall–Kier alpha value is -2.60. The summed E-state index contributed by atoms with van der Waals surface area (Å²) < 4.78 is 4.11. The number of nitrogens with zero attached hydrogens (tertiary/aromatic N) is 3. The Labute approximate surface area is 206 Å². The first-order chi connectivity index (χ1) is 14.7. The smallest absolute Gasteiger partial charge is 0.155 e. The molecule has 0 aliphatic heterocycles. The molecule has 4 aromatic rings. The minimum atomic E-state index is -0.125. The van der Waals surface area contributed by atoms with Crippen molar-refractivity contribution in [1.82, 2.24) is 8.77 Å². The largest absolute Gasteiger partial charge is 0.512 e. The standard InChI is InChI=1S/C20H20N3S.C5H8O2.Ir/c1-13(2)9-15-10-20-21-17-12-22(4)18(11-19(17)23(20)24-15)16-8-6-5-7-14(16)3;1-4(6)3-5(2)7;/h5-8,10-13H,3-4,9H2,1-2H3;3,6H,1-2H3;/q-1;;/b;4-3-;. The topological polar surface area (TPSA) is 58.5 Å². The molecule has 1 radical (unpaired) electrons. The first kappa shape index (κ1) is 25.7. The number of allylic oxidation sites excluding steroid dienone is 2. The Morgan fingerprint density at radius 3 is 2.53 bits per heavy atom. The van der Waals surface area contributed by atoms with Gasteiger partial charge in [0.25, 0.3) is 0 Å². The molecule has 32 heavy (non-hydrogen) atoms. The normalized spacial score (nSPS) is 11.3. The second-order valence-electron chi connectivity index (χ2n) is 8.02. The number of benzene rings is 1. The van der Waals surface area contributed by atoms with Crippen molar-refractivity contribution in [3.8, 4) is 11.3 Å². The van der Waals surface area contributed by atoms with Gasteiger partial charge in [0.15, 0.2) is 5.78 Å². The number of pyridine rings is 1. The number of rotatable bonds is 4. The molecule has 7 heteroatoms. The van der Waals surface area contributed by atoms with E-state index in [1.807, 2.05) is 29.0 Å². The number of hydrogen-bond acceptors (Lipinski definition) is 4. The molecular formula is C25H28IrN3O2S-. The van der Waals surface area contributed by atoms with Crippen LogP contribution in [-0.2, 0) is 31.3 Å². The number of ketones is 1. The quantitative estimate of drug-likeness (QED) is 0.140. The third-order valence-corrected chi connectivity index (χ3v) is 5.68. The number of aliphatic hydroxyl groups excluding tert-OH is 1. The number of imidazole rings is 1. The summed E-state index contributed by atoms with van der Waals surface area (Å²) in [5.41, 5.74) is 6.27. The Kier molecular flexibility index (Phi) is 8.67. The molecular weight excluding hydrogens is 599 g/mol. The molecule has 0 atom stereocenters. The Morgan fingerprint density at radius 2 is 1.97 bits per heavy atom. The monoisotopic (exact) mass is 627 g/mol. The fourth-order valence-corrected chi connectivity index (χ4v) is 4.61. The van der Waals surface area contributed by atoms with Crippen LogP contribution in [0.15, 0.2) is 54.4 Å². The van der Waals surface area contributed by atoms with Crippen LogP contribution in [0, 0.1) is 19.9 Å². The zero-order valence-corrected chi connectivity index (χ0v) is 22.0. The van der Waals surface area contributed by atoms with Crippen LogP contribution in [0.4, 0.5) is 0 Å². The Morgan fingerprint density at radius 1 is 1.28 bits per heavy atom. The van der Waals surface area contributed by atoms with E-state index in [4.69, 9.17) is 10.1 Å². The van der Waals surface area contributed by atoms with Gasteiger partial charge in [0.1, 0.15) is 5.65 Å². The van der Waals surface area contributed by atoms with Crippen molar-refractivity contribution in [2.45, 2.75) is 34.1 Å². The molecule has 1 aromatic carbocycles. The second-order valence-corrected chi connectivity index (χ2v) is 9.09. The van der Waals surface area contributed by atoms with E-state index in [9.17, 15) is 4.79 Å². The summed E-state index contributed by atoms with van der Waals surface area (Å²) in [7, 11) is 4.14. The van der Waals surface area contributed by atoms with Crippen molar-refractivity contribution >= 4 is 34.0 Å². The molecule has 0 amide bonds. The Balaban J connectivity index is 0.000000398. The fraction of sp³-hybridized carbons (Fsp3) is 0.240. The molecule has 0 spiro atoms. The number of carbonyl (C=O) groups excluding carboxylic acids is 1. The van der Waals surface area contributed by atoms with Crippen LogP contribution in [0.25, 0.3) is 27.9 Å². The van der Waals surface area contributed by atoms with Crippen molar-refractivity contribution in [2.24, 2.45) is 5.92 Å². The summed E-state index contributed by atoms with van der Waals surface area (Å²) in [6.07, 6.45) is 4.26. The van der Waals surface area contributed by atoms with Crippen molar-refractivity contribution in [1.29, 1.82) is 0 Å². The van der Waals surface area contributed by atoms with Gasteiger partial charge in [-0.1, -0.05) is 31.4 Å². The second kappa shape index (κ2) is 10.8. The maximum atomic E-state index is 10.0. The molecule has 3 heterocycles. The predicted octanol–water partition coefficient (Wildman–Crippen LogP) is 5.56. The van der Waals surface area contributed by atoms with E-state index in [0.717, 1.165) is 39.9 Å². The minimum Gasteiger partial charge on any atom is -0.512 e. The average molecular weight is 627 g/mol. The van der Waals surface area contributed by atoms with Gasteiger partial charge in [-0.15, -0.1) is 17.7 Å². The van der Waals surface area contributed by atoms with Gasteiger partial charge in [-0.3, -0.25) is 4.79 Å². The molecule has 171 valence electrons. The average Bonchev–Trinajstić information content (AvgIpc) is 3.17. The zero-order chi connectivity index (χ0) is 22.7. The molecule has 5 nitrogen and oxygen atoms in total. The van der Waals surface area contributed by atoms with Gasteiger partial charge in [0.2, 0.25) is 0 Å². The number of aliphatic hydroxyl groups is 1. The van der Waals surface area contributed by atoms with E-state index in [2.05, 4.69) is 49.8 Å². The van der Waals surface area contributed by atoms with Crippen LogP contribution in [0.1, 0.15) is 38.1 Å². The minimum absolute atomic E-state index is 0. The van der Waals surface area contributed by atoms with Crippen molar-refractivity contribution in [3.05, 3.63) is 78.8 Å². The van der Waals surface area contributed by atoms with E-state index in [-0.39, 0.29) is 31.6 Å². The van der Waals surface area contributed by atoms with Gasteiger partial charge in [-0.05, 0) is 38.3 Å². The van der Waals surface area contributed by atoms with Crippen molar-refractivity contribution < 1.29 is 34.6 Å². The van der Waals surface area contributed by atoms with E-state index in [1.54, 1.807) is 11.5 Å². The van der Waals surface area contributed by atoms with Gasteiger partial charge in [-0.25, -0.2) is 8.77 Å². The maximum absolute atomic E-state index is 10.0. The summed E-state index contributed by atoms with van der Waals surface area (Å²) in [6.45, 7) is 11.5. The molecule has 0 aliphatic rings. The number of aromatic nitrogens is 3. The number of hydrogen-bond donors (Lipinski definition) is 1. The van der Waals surface area contributed by atoms with E-state index in [1.165, 1.54) is 24.8 Å². The Bertz CT molecular complexity index is 1270. The third kappa shape index (κ3) is 6.00. The van der Waals surface area contributed by atoms with Gasteiger partial charge < -0.3 is 9.67 Å². The fourth-order valence-electron chi connectivity index (χ4n) is 3.38. The van der Waals surface area contributed by atoms with Gasteiger partial charge in [0.05, 0.1) is 28.7 Å². The van der Waals surface area contributed by atoms with E-state index in [0.29, 0.717) is 5.92 Å². The third-order valence-electron chi connectivity index (χ3n) is 4.60. The summed E-state index contributed by atoms with van der Waals surface area (Å²) in [5, 5.41) is 8.36. The molecule has 3 aromatic heterocycles. The molecule has 4 rings (SSSR count). The van der Waals surface area contributed by atoms with Crippen LogP contribution >= 0.6 is 11.5 Å². The van der Waals surface area contributed by atoms with Crippen molar-refractivity contribution in [2.75, 3.05) is 0 Å². The molecule has 0 aliphatic carbocycles. The zero-order valence-electron chi connectivity index (χ0n) is 18.8. The van der Waals surface area contributed by atoms with E-state index >= 15 is 0 Å². The summed E-state index contributed by atoms with van der Waals surface area (Å²) in [6, 6.07) is 12.5. The van der Waals surface area contributed by atoms with Crippen LogP contribution in [0.3, 0.4) is 0 Å². The predicted molar refractivity (Wildman–Crippen MR) is 127 cm³/mol. The van der Waals surface area contributed by atoms with Crippen molar-refractivity contribution in [3.63, 3.8) is 0 Å². The molecule has 0 bridgehead atoms. The van der Waals surface area contributed by atoms with Crippen LogP contribution in [-0.4, -0.2) is 19.7 Å². The molecule has 0 unspecified atom stereocenters. The molecule has 0 saturated heterocycles. The van der Waals surface area contributed by atoms with E-state index < -0.39 is 0 Å².